The van der Waals surface area contributed by atoms with Gasteiger partial charge in [0.2, 0.25) is 6.20 Å². The van der Waals surface area contributed by atoms with Crippen LogP contribution in [0, 0.1) is 10.1 Å². The Morgan fingerprint density at radius 3 is 2.89 bits per heavy atom. The number of rotatable bonds is 3. The van der Waals surface area contributed by atoms with Crippen LogP contribution in [-0.2, 0) is 6.42 Å². The minimum absolute atomic E-state index is 0.272. The van der Waals surface area contributed by atoms with Crippen molar-refractivity contribution < 1.29 is 4.92 Å². The fourth-order valence-electron chi connectivity index (χ4n) is 1.68. The fourth-order valence-corrected chi connectivity index (χ4v) is 1.89. The summed E-state index contributed by atoms with van der Waals surface area (Å²) in [6.45, 7) is 2.07. The lowest BCUT2D eigenvalue weighted by atomic mass is 10.1. The van der Waals surface area contributed by atoms with Crippen molar-refractivity contribution in [2.75, 3.05) is 0 Å². The third kappa shape index (κ3) is 2.65. The van der Waals surface area contributed by atoms with E-state index in [0.717, 1.165) is 23.5 Å². The number of nitro groups is 1. The Kier molecular flexibility index (Phi) is 3.58. The van der Waals surface area contributed by atoms with Crippen molar-refractivity contribution in [3.8, 4) is 0 Å². The molecule has 18 heavy (non-hydrogen) atoms. The van der Waals surface area contributed by atoms with Crippen LogP contribution in [0.4, 0.5) is 0 Å². The second-order valence-corrected chi connectivity index (χ2v) is 4.21. The van der Waals surface area contributed by atoms with Gasteiger partial charge >= 0.3 is 0 Å². The Hall–Kier alpha value is -1.94. The Bertz CT molecular complexity index is 638. The minimum Gasteiger partial charge on any atom is -0.259 e. The molecule has 5 heteroatoms. The summed E-state index contributed by atoms with van der Waals surface area (Å²) < 4.78 is 0. The topological polar surface area (TPSA) is 56.0 Å². The van der Waals surface area contributed by atoms with Crippen LogP contribution in [0.1, 0.15) is 18.1 Å². The molecular weight excluding hydrogens is 252 g/mol. The van der Waals surface area contributed by atoms with Crippen LogP contribution in [0.15, 0.2) is 30.5 Å². The number of aromatic nitrogens is 1. The van der Waals surface area contributed by atoms with Crippen molar-refractivity contribution in [1.82, 2.24) is 4.98 Å². The monoisotopic (exact) mass is 262 g/mol. The highest BCUT2D eigenvalue weighted by atomic mass is 35.5. The number of pyridine rings is 1. The summed E-state index contributed by atoms with van der Waals surface area (Å²) in [5.41, 5.74) is 2.53. The third-order valence-corrected chi connectivity index (χ3v) is 2.95. The molecule has 0 unspecified atom stereocenters. The molecule has 1 aromatic carbocycles. The molecule has 0 atom stereocenters. The zero-order valence-electron chi connectivity index (χ0n) is 9.76. The van der Waals surface area contributed by atoms with Crippen LogP contribution in [0.5, 0.6) is 0 Å². The van der Waals surface area contributed by atoms with E-state index in [-0.39, 0.29) is 5.15 Å². The number of nitrogens with zero attached hydrogens (tertiary/aromatic N) is 2. The Morgan fingerprint density at radius 2 is 2.22 bits per heavy atom. The predicted octanol–water partition coefficient (Wildman–Crippen LogP) is 3.70. The van der Waals surface area contributed by atoms with E-state index in [1.807, 2.05) is 18.2 Å². The summed E-state index contributed by atoms with van der Waals surface area (Å²) in [6.07, 6.45) is 3.13. The Balaban J connectivity index is 2.52. The average molecular weight is 263 g/mol. The summed E-state index contributed by atoms with van der Waals surface area (Å²) >= 11 is 6.00. The van der Waals surface area contributed by atoms with Crippen molar-refractivity contribution in [1.29, 1.82) is 0 Å². The van der Waals surface area contributed by atoms with Crippen molar-refractivity contribution in [2.24, 2.45) is 0 Å². The summed E-state index contributed by atoms with van der Waals surface area (Å²) in [4.78, 5) is 14.0. The van der Waals surface area contributed by atoms with E-state index in [9.17, 15) is 10.1 Å². The number of halogens is 1. The highest BCUT2D eigenvalue weighted by molar-refractivity contribution is 6.31. The number of benzene rings is 1. The first-order valence-electron chi connectivity index (χ1n) is 5.51. The van der Waals surface area contributed by atoms with Gasteiger partial charge in [0.25, 0.3) is 0 Å². The maximum Gasteiger partial charge on any atom is 0.235 e. The van der Waals surface area contributed by atoms with Gasteiger partial charge in [-0.15, -0.1) is 0 Å². The molecule has 0 aliphatic carbocycles. The van der Waals surface area contributed by atoms with Crippen LogP contribution in [-0.4, -0.2) is 9.91 Å². The van der Waals surface area contributed by atoms with E-state index in [4.69, 9.17) is 11.6 Å². The Labute approximate surface area is 109 Å². The van der Waals surface area contributed by atoms with E-state index in [2.05, 4.69) is 11.9 Å². The Morgan fingerprint density at radius 1 is 1.44 bits per heavy atom. The first-order chi connectivity index (χ1) is 8.60. The van der Waals surface area contributed by atoms with Crippen LogP contribution >= 0.6 is 11.6 Å². The number of fused-ring (bicyclic) bond motifs is 1. The van der Waals surface area contributed by atoms with Gasteiger partial charge in [-0.3, -0.25) is 10.1 Å². The van der Waals surface area contributed by atoms with Crippen molar-refractivity contribution >= 4 is 28.6 Å². The average Bonchev–Trinajstić information content (AvgIpc) is 2.35. The summed E-state index contributed by atoms with van der Waals surface area (Å²) in [6, 6.07) is 7.73. The molecule has 2 aromatic rings. The zero-order valence-corrected chi connectivity index (χ0v) is 10.5. The van der Waals surface area contributed by atoms with Gasteiger partial charge in [-0.1, -0.05) is 30.7 Å². The highest BCUT2D eigenvalue weighted by Crippen LogP contribution is 2.22. The fraction of sp³-hybridized carbons (Fsp3) is 0.154. The van der Waals surface area contributed by atoms with Crippen LogP contribution < -0.4 is 0 Å². The van der Waals surface area contributed by atoms with Crippen LogP contribution in [0.2, 0.25) is 5.15 Å². The van der Waals surface area contributed by atoms with E-state index in [0.29, 0.717) is 5.56 Å². The lowest BCUT2D eigenvalue weighted by Crippen LogP contribution is -1.88. The van der Waals surface area contributed by atoms with E-state index >= 15 is 0 Å². The largest absolute Gasteiger partial charge is 0.259 e. The quantitative estimate of drug-likeness (QED) is 0.481. The molecule has 0 aliphatic heterocycles. The van der Waals surface area contributed by atoms with Gasteiger partial charge in [-0.2, -0.15) is 0 Å². The molecule has 0 amide bonds. The minimum atomic E-state index is -0.527. The number of hydrogen-bond donors (Lipinski definition) is 0. The number of aryl methyl sites for hydroxylation is 1. The molecule has 2 rings (SSSR count). The van der Waals surface area contributed by atoms with Crippen LogP contribution in [0.3, 0.4) is 0 Å². The highest BCUT2D eigenvalue weighted by Gasteiger charge is 2.04. The molecule has 0 aliphatic rings. The molecule has 0 N–H and O–H groups in total. The molecule has 4 nitrogen and oxygen atoms in total. The smallest absolute Gasteiger partial charge is 0.235 e. The molecule has 0 saturated heterocycles. The van der Waals surface area contributed by atoms with E-state index < -0.39 is 4.92 Å². The van der Waals surface area contributed by atoms with Gasteiger partial charge in [0, 0.05) is 17.0 Å². The van der Waals surface area contributed by atoms with Gasteiger partial charge in [-0.25, -0.2) is 4.98 Å². The van der Waals surface area contributed by atoms with E-state index in [1.165, 1.54) is 11.6 Å². The molecule has 0 bridgehead atoms. The number of hydrogen-bond acceptors (Lipinski definition) is 3. The molecule has 1 heterocycles. The second-order valence-electron chi connectivity index (χ2n) is 3.85. The summed E-state index contributed by atoms with van der Waals surface area (Å²) in [5.74, 6) is 0. The normalized spacial score (nSPS) is 11.2. The van der Waals surface area contributed by atoms with Gasteiger partial charge in [0.05, 0.1) is 10.4 Å². The molecule has 0 fully saturated rings. The maximum absolute atomic E-state index is 10.3. The van der Waals surface area contributed by atoms with Crippen molar-refractivity contribution in [2.45, 2.75) is 13.3 Å². The predicted molar refractivity (Wildman–Crippen MR) is 72.2 cm³/mol. The summed E-state index contributed by atoms with van der Waals surface area (Å²) in [7, 11) is 0. The van der Waals surface area contributed by atoms with Crippen LogP contribution in [0.25, 0.3) is 17.0 Å². The molecule has 1 aromatic heterocycles. The lowest BCUT2D eigenvalue weighted by Gasteiger charge is -2.03. The maximum atomic E-state index is 10.3. The molecule has 92 valence electrons. The second kappa shape index (κ2) is 5.14. The standard InChI is InChI=1S/C13H11ClN2O2/c1-2-9-3-4-10-8-11(5-6-16(17)18)13(14)15-12(10)7-9/h3-8H,2H2,1H3. The van der Waals surface area contributed by atoms with Gasteiger partial charge in [0.1, 0.15) is 5.15 Å². The molecule has 0 radical (unpaired) electrons. The SMILES string of the molecule is CCc1ccc2cc(C=C[N+](=O)[O-])c(Cl)nc2c1. The molecule has 0 spiro atoms. The first-order valence-corrected chi connectivity index (χ1v) is 5.89. The first kappa shape index (κ1) is 12.5. The lowest BCUT2D eigenvalue weighted by molar-refractivity contribution is -0.400. The van der Waals surface area contributed by atoms with E-state index in [1.54, 1.807) is 6.07 Å². The van der Waals surface area contributed by atoms with Crippen molar-refractivity contribution in [3.63, 3.8) is 0 Å². The zero-order chi connectivity index (χ0) is 13.1. The van der Waals surface area contributed by atoms with Crippen molar-refractivity contribution in [3.05, 3.63) is 56.9 Å². The third-order valence-electron chi connectivity index (χ3n) is 2.65. The van der Waals surface area contributed by atoms with Gasteiger partial charge < -0.3 is 0 Å². The summed E-state index contributed by atoms with van der Waals surface area (Å²) in [5, 5.41) is 11.5. The molecule has 0 saturated carbocycles. The van der Waals surface area contributed by atoms with Gasteiger partial charge in [0.15, 0.2) is 0 Å². The van der Waals surface area contributed by atoms with Gasteiger partial charge in [-0.05, 0) is 24.1 Å². The molecular formula is C13H11ClN2O2.